The van der Waals surface area contributed by atoms with Gasteiger partial charge in [0.15, 0.2) is 11.5 Å². The van der Waals surface area contributed by atoms with Crippen LogP contribution in [0.5, 0.6) is 0 Å². The largest absolute Gasteiger partial charge is 0.394 e. The van der Waals surface area contributed by atoms with Crippen molar-refractivity contribution in [1.82, 2.24) is 19.5 Å². The molecule has 0 radical (unpaired) electrons. The Morgan fingerprint density at radius 2 is 2.37 bits per heavy atom. The Morgan fingerprint density at radius 1 is 1.53 bits per heavy atom. The first-order valence-corrected chi connectivity index (χ1v) is 7.25. The molecule has 3 atom stereocenters. The zero-order valence-electron chi connectivity index (χ0n) is 10.4. The van der Waals surface area contributed by atoms with E-state index in [0.717, 1.165) is 6.42 Å². The van der Waals surface area contributed by atoms with Gasteiger partial charge in [-0.05, 0) is 6.26 Å². The lowest BCUT2D eigenvalue weighted by Crippen LogP contribution is -2.22. The second-order valence-corrected chi connectivity index (χ2v) is 5.48. The van der Waals surface area contributed by atoms with E-state index in [-0.39, 0.29) is 24.2 Å². The Balaban J connectivity index is 1.95. The Labute approximate surface area is 114 Å². The Kier molecular flexibility index (Phi) is 3.29. The van der Waals surface area contributed by atoms with Crippen LogP contribution in [-0.2, 0) is 4.74 Å². The molecule has 8 heteroatoms. The number of nitrogens with zero attached hydrogens (tertiary/aromatic N) is 4. The minimum absolute atomic E-state index is 0.0196. The topological polar surface area (TPSA) is 99.1 Å². The van der Waals surface area contributed by atoms with Crippen LogP contribution in [0.3, 0.4) is 0 Å². The quantitative estimate of drug-likeness (QED) is 0.841. The summed E-state index contributed by atoms with van der Waals surface area (Å²) in [5.74, 6) is 0.363. The van der Waals surface area contributed by atoms with Crippen molar-refractivity contribution in [2.24, 2.45) is 0 Å². The van der Waals surface area contributed by atoms with Crippen molar-refractivity contribution in [2.45, 2.75) is 24.0 Å². The minimum Gasteiger partial charge on any atom is -0.394 e. The van der Waals surface area contributed by atoms with E-state index in [0.29, 0.717) is 17.0 Å². The predicted molar refractivity (Wildman–Crippen MR) is 72.7 cm³/mol. The second kappa shape index (κ2) is 4.95. The van der Waals surface area contributed by atoms with Crippen molar-refractivity contribution in [3.63, 3.8) is 0 Å². The number of aliphatic hydroxyl groups excluding tert-OH is 1. The number of imidazole rings is 1. The Morgan fingerprint density at radius 3 is 3.05 bits per heavy atom. The zero-order chi connectivity index (χ0) is 13.4. The van der Waals surface area contributed by atoms with Crippen LogP contribution in [0.15, 0.2) is 12.7 Å². The number of thioether (sulfide) groups is 1. The van der Waals surface area contributed by atoms with Crippen molar-refractivity contribution in [3.8, 4) is 0 Å². The van der Waals surface area contributed by atoms with Crippen molar-refractivity contribution < 1.29 is 9.84 Å². The fraction of sp³-hybridized carbons (Fsp3) is 0.545. The third-order valence-electron chi connectivity index (χ3n) is 3.36. The summed E-state index contributed by atoms with van der Waals surface area (Å²) in [6.07, 6.45) is 5.58. The van der Waals surface area contributed by atoms with E-state index in [4.69, 9.17) is 10.5 Å². The highest BCUT2D eigenvalue weighted by atomic mass is 32.2. The van der Waals surface area contributed by atoms with E-state index in [1.165, 1.54) is 6.33 Å². The lowest BCUT2D eigenvalue weighted by atomic mass is 10.2. The highest BCUT2D eigenvalue weighted by molar-refractivity contribution is 7.99. The number of aliphatic hydroxyl groups is 1. The molecular weight excluding hydrogens is 266 g/mol. The lowest BCUT2D eigenvalue weighted by molar-refractivity contribution is -0.0198. The van der Waals surface area contributed by atoms with E-state index in [9.17, 15) is 5.11 Å². The summed E-state index contributed by atoms with van der Waals surface area (Å²) < 4.78 is 7.71. The molecule has 0 aromatic carbocycles. The summed E-state index contributed by atoms with van der Waals surface area (Å²) >= 11 is 1.70. The number of aromatic nitrogens is 4. The molecule has 2 aromatic heterocycles. The first kappa shape index (κ1) is 12.6. The van der Waals surface area contributed by atoms with Gasteiger partial charge in [-0.15, -0.1) is 0 Å². The number of hydrogen-bond donors (Lipinski definition) is 2. The van der Waals surface area contributed by atoms with E-state index < -0.39 is 0 Å². The van der Waals surface area contributed by atoms with E-state index in [1.807, 2.05) is 10.8 Å². The number of nitrogens with two attached hydrogens (primary N) is 1. The van der Waals surface area contributed by atoms with Gasteiger partial charge in [0.05, 0.1) is 19.0 Å². The minimum atomic E-state index is -0.172. The van der Waals surface area contributed by atoms with Crippen LogP contribution >= 0.6 is 11.8 Å². The molecule has 2 aromatic rings. The van der Waals surface area contributed by atoms with Gasteiger partial charge in [-0.3, -0.25) is 4.57 Å². The first-order valence-electron chi connectivity index (χ1n) is 5.96. The van der Waals surface area contributed by atoms with Gasteiger partial charge in [0.25, 0.3) is 0 Å². The molecule has 2 unspecified atom stereocenters. The molecule has 1 saturated heterocycles. The van der Waals surface area contributed by atoms with E-state index in [2.05, 4.69) is 15.0 Å². The molecule has 0 bridgehead atoms. The van der Waals surface area contributed by atoms with Crippen LogP contribution in [0.25, 0.3) is 11.2 Å². The van der Waals surface area contributed by atoms with E-state index >= 15 is 0 Å². The summed E-state index contributed by atoms with van der Waals surface area (Å²) in [7, 11) is 0. The van der Waals surface area contributed by atoms with Crippen molar-refractivity contribution >= 4 is 28.7 Å². The third kappa shape index (κ3) is 2.05. The maximum absolute atomic E-state index is 9.33. The average Bonchev–Trinajstić information content (AvgIpc) is 3.02. The summed E-state index contributed by atoms with van der Waals surface area (Å²) in [5, 5.41) is 9.60. The molecule has 3 N–H and O–H groups in total. The summed E-state index contributed by atoms with van der Waals surface area (Å²) in [6, 6.07) is 0. The third-order valence-corrected chi connectivity index (χ3v) is 4.46. The molecule has 0 spiro atoms. The number of nitrogen functional groups attached to an aromatic ring is 1. The van der Waals surface area contributed by atoms with Gasteiger partial charge in [0.2, 0.25) is 0 Å². The molecule has 102 valence electrons. The standard InChI is InChI=1S/C11H15N5O2S/c1-19-7-2-8(18-6(7)3-17)16-5-15-9-10(12)13-4-14-11(9)16/h4-8,17H,2-3H2,1H3,(H2,12,13,14)/t6?,7?,8-/m1/s1. The smallest absolute Gasteiger partial charge is 0.167 e. The number of rotatable bonds is 3. The second-order valence-electron chi connectivity index (χ2n) is 4.40. The molecule has 0 saturated carbocycles. The van der Waals surface area contributed by atoms with Gasteiger partial charge in [-0.2, -0.15) is 11.8 Å². The molecule has 3 rings (SSSR count). The van der Waals surface area contributed by atoms with Crippen LogP contribution in [-0.4, -0.2) is 48.8 Å². The Bertz CT molecular complexity index is 577. The maximum atomic E-state index is 9.33. The number of fused-ring (bicyclic) bond motifs is 1. The molecule has 1 aliphatic rings. The van der Waals surface area contributed by atoms with Crippen molar-refractivity contribution in [2.75, 3.05) is 18.6 Å². The summed E-state index contributed by atoms with van der Waals surface area (Å²) in [5.41, 5.74) is 7.01. The normalized spacial score (nSPS) is 27.2. The van der Waals surface area contributed by atoms with Gasteiger partial charge in [0.1, 0.15) is 18.1 Å². The molecule has 0 aliphatic carbocycles. The van der Waals surface area contributed by atoms with Crippen LogP contribution in [0.1, 0.15) is 12.6 Å². The number of hydrogen-bond acceptors (Lipinski definition) is 7. The van der Waals surface area contributed by atoms with Crippen LogP contribution in [0, 0.1) is 0 Å². The van der Waals surface area contributed by atoms with Gasteiger partial charge in [0, 0.05) is 11.7 Å². The highest BCUT2D eigenvalue weighted by Crippen LogP contribution is 2.36. The van der Waals surface area contributed by atoms with Gasteiger partial charge < -0.3 is 15.6 Å². The van der Waals surface area contributed by atoms with Crippen molar-refractivity contribution in [3.05, 3.63) is 12.7 Å². The summed E-state index contributed by atoms with van der Waals surface area (Å²) in [6.45, 7) is 0.0196. The predicted octanol–water partition coefficient (Wildman–Crippen LogP) is 0.420. The zero-order valence-corrected chi connectivity index (χ0v) is 11.2. The average molecular weight is 281 g/mol. The molecule has 0 amide bonds. The molecular formula is C11H15N5O2S. The van der Waals surface area contributed by atoms with E-state index in [1.54, 1.807) is 18.1 Å². The van der Waals surface area contributed by atoms with Gasteiger partial charge >= 0.3 is 0 Å². The number of anilines is 1. The number of ether oxygens (including phenoxy) is 1. The van der Waals surface area contributed by atoms with Crippen LogP contribution < -0.4 is 5.73 Å². The molecule has 1 fully saturated rings. The fourth-order valence-electron chi connectivity index (χ4n) is 2.36. The SMILES string of the molecule is CSC1C[C@H](n2cnc3c(N)ncnc32)OC1CO. The molecule has 7 nitrogen and oxygen atoms in total. The van der Waals surface area contributed by atoms with Crippen LogP contribution in [0.4, 0.5) is 5.82 Å². The molecule has 1 aliphatic heterocycles. The highest BCUT2D eigenvalue weighted by Gasteiger charge is 2.36. The van der Waals surface area contributed by atoms with Crippen molar-refractivity contribution in [1.29, 1.82) is 0 Å². The lowest BCUT2D eigenvalue weighted by Gasteiger charge is -2.14. The summed E-state index contributed by atoms with van der Waals surface area (Å²) in [4.78, 5) is 12.4. The monoisotopic (exact) mass is 281 g/mol. The molecule has 3 heterocycles. The fourth-order valence-corrected chi connectivity index (χ4v) is 3.17. The van der Waals surface area contributed by atoms with Gasteiger partial charge in [-0.25, -0.2) is 15.0 Å². The molecule has 19 heavy (non-hydrogen) atoms. The van der Waals surface area contributed by atoms with Gasteiger partial charge in [-0.1, -0.05) is 0 Å². The Hall–Kier alpha value is -1.38. The van der Waals surface area contributed by atoms with Crippen LogP contribution in [0.2, 0.25) is 0 Å². The maximum Gasteiger partial charge on any atom is 0.167 e. The first-order chi connectivity index (χ1) is 9.24.